The van der Waals surface area contributed by atoms with Crippen molar-refractivity contribution >= 4 is 27.8 Å². The molecule has 0 saturated carbocycles. The predicted molar refractivity (Wildman–Crippen MR) is 106 cm³/mol. The first-order valence-electron chi connectivity index (χ1n) is 8.72. The standard InChI is InChI=1S/C20H25NO3S/c1-3-12-21-17-11-7-6-10-16(17)18(15-19(21)22)24-13-8-5-9-14-25-20(23)4-2/h4,6-7,10-11,15H,2-3,5,8-9,12-14H2,1H3. The number of unbranched alkanes of at least 4 members (excludes halogenated alkanes) is 2. The second kappa shape index (κ2) is 10.1. The van der Waals surface area contributed by atoms with Crippen molar-refractivity contribution in [2.45, 2.75) is 39.2 Å². The van der Waals surface area contributed by atoms with Gasteiger partial charge in [-0.15, -0.1) is 0 Å². The van der Waals surface area contributed by atoms with Crippen LogP contribution in [0.2, 0.25) is 0 Å². The Labute approximate surface area is 152 Å². The number of carbonyl (C=O) groups excluding carboxylic acids is 1. The summed E-state index contributed by atoms with van der Waals surface area (Å²) in [7, 11) is 0. The van der Waals surface area contributed by atoms with Crippen LogP contribution in [-0.2, 0) is 11.3 Å². The Balaban J connectivity index is 1.93. The summed E-state index contributed by atoms with van der Waals surface area (Å²) in [5.41, 5.74) is 0.904. The third kappa shape index (κ3) is 5.49. The lowest BCUT2D eigenvalue weighted by atomic mass is 10.2. The normalized spacial score (nSPS) is 10.8. The molecule has 0 aliphatic rings. The maximum absolute atomic E-state index is 12.4. The molecule has 0 N–H and O–H groups in total. The van der Waals surface area contributed by atoms with Gasteiger partial charge in [-0.1, -0.05) is 37.4 Å². The SMILES string of the molecule is C=CC(=O)SCCCCCOc1cc(=O)n(CCC)c2ccccc12. The molecule has 2 rings (SSSR count). The number of fused-ring (bicyclic) bond motifs is 1. The maximum atomic E-state index is 12.4. The van der Waals surface area contributed by atoms with Gasteiger partial charge in [-0.25, -0.2) is 0 Å². The van der Waals surface area contributed by atoms with Crippen LogP contribution in [0.5, 0.6) is 5.75 Å². The quantitative estimate of drug-likeness (QED) is 0.466. The number of hydrogen-bond acceptors (Lipinski definition) is 4. The van der Waals surface area contributed by atoms with Crippen LogP contribution in [0.3, 0.4) is 0 Å². The second-order valence-corrected chi connectivity index (χ2v) is 6.90. The number of benzene rings is 1. The van der Waals surface area contributed by atoms with Gasteiger partial charge in [0.1, 0.15) is 5.75 Å². The van der Waals surface area contributed by atoms with Crippen molar-refractivity contribution in [3.05, 3.63) is 53.3 Å². The largest absolute Gasteiger partial charge is 0.493 e. The number of para-hydroxylation sites is 1. The number of aryl methyl sites for hydroxylation is 1. The number of ether oxygens (including phenoxy) is 1. The first-order chi connectivity index (χ1) is 12.2. The Morgan fingerprint density at radius 3 is 2.84 bits per heavy atom. The fourth-order valence-corrected chi connectivity index (χ4v) is 3.34. The smallest absolute Gasteiger partial charge is 0.254 e. The molecule has 2 aromatic rings. The van der Waals surface area contributed by atoms with Crippen molar-refractivity contribution in [1.82, 2.24) is 4.57 Å². The van der Waals surface area contributed by atoms with E-state index in [0.717, 1.165) is 42.3 Å². The Hall–Kier alpha value is -2.01. The molecule has 0 radical (unpaired) electrons. The van der Waals surface area contributed by atoms with E-state index in [-0.39, 0.29) is 10.7 Å². The first kappa shape index (κ1) is 19.3. The van der Waals surface area contributed by atoms with Crippen molar-refractivity contribution in [3.8, 4) is 5.75 Å². The molecule has 4 nitrogen and oxygen atoms in total. The van der Waals surface area contributed by atoms with Gasteiger partial charge < -0.3 is 9.30 Å². The summed E-state index contributed by atoms with van der Waals surface area (Å²) in [6.45, 7) is 6.80. The van der Waals surface area contributed by atoms with E-state index in [1.165, 1.54) is 17.8 Å². The molecule has 0 unspecified atom stereocenters. The highest BCUT2D eigenvalue weighted by atomic mass is 32.2. The van der Waals surface area contributed by atoms with Gasteiger partial charge >= 0.3 is 0 Å². The van der Waals surface area contributed by atoms with Gasteiger partial charge in [0.25, 0.3) is 5.56 Å². The summed E-state index contributed by atoms with van der Waals surface area (Å²) < 4.78 is 7.68. The first-order valence-corrected chi connectivity index (χ1v) is 9.70. The molecule has 0 aliphatic carbocycles. The Bertz CT molecular complexity index is 782. The fourth-order valence-electron chi connectivity index (χ4n) is 2.67. The molecule has 5 heteroatoms. The van der Waals surface area contributed by atoms with Crippen LogP contribution in [0.15, 0.2) is 47.8 Å². The van der Waals surface area contributed by atoms with E-state index in [0.29, 0.717) is 18.9 Å². The molecule has 1 aromatic heterocycles. The van der Waals surface area contributed by atoms with E-state index < -0.39 is 0 Å². The number of rotatable bonds is 10. The van der Waals surface area contributed by atoms with Crippen LogP contribution in [0.1, 0.15) is 32.6 Å². The Kier molecular flexibility index (Phi) is 7.79. The minimum Gasteiger partial charge on any atom is -0.493 e. The van der Waals surface area contributed by atoms with E-state index in [9.17, 15) is 9.59 Å². The van der Waals surface area contributed by atoms with E-state index in [4.69, 9.17) is 4.74 Å². The second-order valence-electron chi connectivity index (χ2n) is 5.80. The lowest BCUT2D eigenvalue weighted by Crippen LogP contribution is -2.20. The topological polar surface area (TPSA) is 48.3 Å². The highest BCUT2D eigenvalue weighted by molar-refractivity contribution is 8.14. The van der Waals surface area contributed by atoms with Crippen molar-refractivity contribution in [2.75, 3.05) is 12.4 Å². The number of pyridine rings is 1. The molecule has 134 valence electrons. The van der Waals surface area contributed by atoms with Crippen LogP contribution in [0, 0.1) is 0 Å². The van der Waals surface area contributed by atoms with Crippen LogP contribution in [-0.4, -0.2) is 22.0 Å². The molecule has 0 spiro atoms. The molecule has 25 heavy (non-hydrogen) atoms. The third-order valence-corrected chi connectivity index (χ3v) is 4.83. The fraction of sp³-hybridized carbons (Fsp3) is 0.400. The monoisotopic (exact) mass is 359 g/mol. The molecule has 0 fully saturated rings. The summed E-state index contributed by atoms with van der Waals surface area (Å²) in [6, 6.07) is 9.46. The van der Waals surface area contributed by atoms with Crippen LogP contribution in [0.25, 0.3) is 10.9 Å². The van der Waals surface area contributed by atoms with E-state index >= 15 is 0 Å². The number of aromatic nitrogens is 1. The number of hydrogen-bond donors (Lipinski definition) is 0. The average molecular weight is 359 g/mol. The minimum atomic E-state index is -0.0186. The summed E-state index contributed by atoms with van der Waals surface area (Å²) in [5, 5.41) is 0.998. The Morgan fingerprint density at radius 1 is 1.28 bits per heavy atom. The molecule has 0 atom stereocenters. The van der Waals surface area contributed by atoms with Gasteiger partial charge in [0.2, 0.25) is 5.12 Å². The predicted octanol–water partition coefficient (Wildman–Crippen LogP) is 4.41. The van der Waals surface area contributed by atoms with Crippen LogP contribution in [0.4, 0.5) is 0 Å². The summed E-state index contributed by atoms with van der Waals surface area (Å²) in [5.74, 6) is 1.46. The van der Waals surface area contributed by atoms with E-state index in [2.05, 4.69) is 13.5 Å². The van der Waals surface area contributed by atoms with Crippen LogP contribution < -0.4 is 10.3 Å². The highest BCUT2D eigenvalue weighted by Crippen LogP contribution is 2.24. The Morgan fingerprint density at radius 2 is 2.08 bits per heavy atom. The zero-order valence-corrected chi connectivity index (χ0v) is 15.5. The number of carbonyl (C=O) groups is 1. The van der Waals surface area contributed by atoms with Crippen molar-refractivity contribution in [3.63, 3.8) is 0 Å². The zero-order valence-electron chi connectivity index (χ0n) is 14.7. The summed E-state index contributed by atoms with van der Waals surface area (Å²) in [4.78, 5) is 23.5. The molecule has 0 saturated heterocycles. The highest BCUT2D eigenvalue weighted by Gasteiger charge is 2.09. The van der Waals surface area contributed by atoms with Crippen LogP contribution >= 0.6 is 11.8 Å². The summed E-state index contributed by atoms with van der Waals surface area (Å²) in [6.07, 6.45) is 5.11. The average Bonchev–Trinajstić information content (AvgIpc) is 2.63. The van der Waals surface area contributed by atoms with Crippen molar-refractivity contribution < 1.29 is 9.53 Å². The molecular weight excluding hydrogens is 334 g/mol. The molecule has 1 aromatic carbocycles. The summed E-state index contributed by atoms with van der Waals surface area (Å²) >= 11 is 1.30. The van der Waals surface area contributed by atoms with Gasteiger partial charge in [-0.05, 0) is 43.9 Å². The third-order valence-electron chi connectivity index (χ3n) is 3.89. The molecule has 0 aliphatic heterocycles. The molecule has 0 amide bonds. The zero-order chi connectivity index (χ0) is 18.1. The van der Waals surface area contributed by atoms with Gasteiger partial charge in [0.15, 0.2) is 0 Å². The molecule has 1 heterocycles. The maximum Gasteiger partial charge on any atom is 0.254 e. The van der Waals surface area contributed by atoms with Gasteiger partial charge in [0, 0.05) is 23.8 Å². The molecular formula is C20H25NO3S. The minimum absolute atomic E-state index is 0.0186. The van der Waals surface area contributed by atoms with Crippen molar-refractivity contribution in [1.29, 1.82) is 0 Å². The number of nitrogens with zero attached hydrogens (tertiary/aromatic N) is 1. The lowest BCUT2D eigenvalue weighted by Gasteiger charge is -2.13. The van der Waals surface area contributed by atoms with Crippen molar-refractivity contribution in [2.24, 2.45) is 0 Å². The lowest BCUT2D eigenvalue weighted by molar-refractivity contribution is -0.107. The van der Waals surface area contributed by atoms with E-state index in [1.54, 1.807) is 10.6 Å². The molecule has 0 bridgehead atoms. The van der Waals surface area contributed by atoms with Gasteiger partial charge in [0.05, 0.1) is 12.1 Å². The van der Waals surface area contributed by atoms with Gasteiger partial charge in [-0.2, -0.15) is 0 Å². The van der Waals surface area contributed by atoms with Gasteiger partial charge in [-0.3, -0.25) is 9.59 Å². The van der Waals surface area contributed by atoms with E-state index in [1.807, 2.05) is 24.3 Å². The number of thioether (sulfide) groups is 1.